The molecule has 1 fully saturated rings. The topological polar surface area (TPSA) is 29.3 Å². The average Bonchev–Trinajstić information content (AvgIpc) is 2.17. The van der Waals surface area contributed by atoms with Crippen LogP contribution >= 0.6 is 0 Å². The molecule has 84 valence electrons. The van der Waals surface area contributed by atoms with Crippen molar-refractivity contribution in [3.05, 3.63) is 0 Å². The predicted octanol–water partition coefficient (Wildman–Crippen LogP) is 2.24. The van der Waals surface area contributed by atoms with Crippen molar-refractivity contribution in [2.45, 2.75) is 52.0 Å². The number of likely N-dealkylation sites (tertiary alicyclic amines) is 1. The maximum absolute atomic E-state index is 5.70. The van der Waals surface area contributed by atoms with Crippen LogP contribution in [0.4, 0.5) is 0 Å². The maximum atomic E-state index is 5.70. The molecular formula is C12H26N2. The Morgan fingerprint density at radius 1 is 1.43 bits per heavy atom. The molecular weight excluding hydrogens is 172 g/mol. The second-order valence-corrected chi connectivity index (χ2v) is 4.59. The number of rotatable bonds is 7. The van der Waals surface area contributed by atoms with Crippen molar-refractivity contribution in [3.63, 3.8) is 0 Å². The van der Waals surface area contributed by atoms with Crippen molar-refractivity contribution >= 4 is 0 Å². The van der Waals surface area contributed by atoms with Crippen LogP contribution in [0.5, 0.6) is 0 Å². The van der Waals surface area contributed by atoms with Gasteiger partial charge in [-0.3, -0.25) is 4.90 Å². The number of nitrogens with two attached hydrogens (primary N) is 1. The summed E-state index contributed by atoms with van der Waals surface area (Å²) in [5, 5.41) is 0. The van der Waals surface area contributed by atoms with Gasteiger partial charge in [0.15, 0.2) is 0 Å². The van der Waals surface area contributed by atoms with E-state index >= 15 is 0 Å². The maximum Gasteiger partial charge on any atom is 0.0230 e. The summed E-state index contributed by atoms with van der Waals surface area (Å²) in [6, 6.07) is 0.700. The Hall–Kier alpha value is -0.0800. The molecule has 2 N–H and O–H groups in total. The van der Waals surface area contributed by atoms with Gasteiger partial charge in [-0.05, 0) is 18.8 Å². The van der Waals surface area contributed by atoms with Crippen molar-refractivity contribution < 1.29 is 0 Å². The van der Waals surface area contributed by atoms with E-state index in [4.69, 9.17) is 5.73 Å². The molecule has 0 amide bonds. The van der Waals surface area contributed by atoms with Crippen molar-refractivity contribution in [1.82, 2.24) is 4.90 Å². The summed E-state index contributed by atoms with van der Waals surface area (Å²) in [5.74, 6) is 0.907. The molecule has 14 heavy (non-hydrogen) atoms. The second-order valence-electron chi connectivity index (χ2n) is 4.59. The van der Waals surface area contributed by atoms with Gasteiger partial charge in [-0.1, -0.05) is 33.1 Å². The second kappa shape index (κ2) is 6.41. The largest absolute Gasteiger partial charge is 0.329 e. The minimum Gasteiger partial charge on any atom is -0.329 e. The van der Waals surface area contributed by atoms with E-state index in [2.05, 4.69) is 18.7 Å². The molecule has 0 bridgehead atoms. The first-order chi connectivity index (χ1) is 6.81. The van der Waals surface area contributed by atoms with Gasteiger partial charge in [0.2, 0.25) is 0 Å². The summed E-state index contributed by atoms with van der Waals surface area (Å²) in [4.78, 5) is 2.57. The summed E-state index contributed by atoms with van der Waals surface area (Å²) in [5.41, 5.74) is 5.70. The molecule has 0 aliphatic carbocycles. The van der Waals surface area contributed by atoms with E-state index in [0.717, 1.165) is 12.5 Å². The average molecular weight is 198 g/mol. The SMILES string of the molecule is CCCCC(CC)CN1CCC1CN. The summed E-state index contributed by atoms with van der Waals surface area (Å²) >= 11 is 0. The highest BCUT2D eigenvalue weighted by Gasteiger charge is 2.27. The molecule has 2 unspecified atom stereocenters. The highest BCUT2D eigenvalue weighted by Crippen LogP contribution is 2.21. The van der Waals surface area contributed by atoms with Crippen LogP contribution < -0.4 is 5.73 Å². The lowest BCUT2D eigenvalue weighted by atomic mass is 9.94. The highest BCUT2D eigenvalue weighted by molar-refractivity contribution is 4.84. The van der Waals surface area contributed by atoms with Gasteiger partial charge in [-0.25, -0.2) is 0 Å². The predicted molar refractivity (Wildman–Crippen MR) is 62.3 cm³/mol. The number of unbranched alkanes of at least 4 members (excludes halogenated alkanes) is 1. The quantitative estimate of drug-likeness (QED) is 0.680. The molecule has 0 aromatic carbocycles. The van der Waals surface area contributed by atoms with Crippen LogP contribution in [0.1, 0.15) is 46.0 Å². The Kier molecular flexibility index (Phi) is 5.49. The van der Waals surface area contributed by atoms with Gasteiger partial charge < -0.3 is 5.73 Å². The van der Waals surface area contributed by atoms with E-state index in [1.165, 1.54) is 45.2 Å². The lowest BCUT2D eigenvalue weighted by Gasteiger charge is -2.42. The molecule has 0 aromatic rings. The molecule has 1 aliphatic heterocycles. The normalized spacial score (nSPS) is 24.6. The van der Waals surface area contributed by atoms with Gasteiger partial charge >= 0.3 is 0 Å². The first-order valence-corrected chi connectivity index (χ1v) is 6.25. The standard InChI is InChI=1S/C12H26N2/c1-3-5-6-11(4-2)10-14-8-7-12(14)9-13/h11-12H,3-10,13H2,1-2H3. The van der Waals surface area contributed by atoms with Crippen LogP contribution in [0.2, 0.25) is 0 Å². The molecule has 2 atom stereocenters. The molecule has 2 nitrogen and oxygen atoms in total. The van der Waals surface area contributed by atoms with Crippen LogP contribution in [0.3, 0.4) is 0 Å². The van der Waals surface area contributed by atoms with Crippen LogP contribution in [-0.2, 0) is 0 Å². The number of hydrogen-bond donors (Lipinski definition) is 1. The molecule has 0 saturated carbocycles. The fourth-order valence-corrected chi connectivity index (χ4v) is 2.25. The molecule has 0 aromatic heterocycles. The monoisotopic (exact) mass is 198 g/mol. The number of nitrogens with zero attached hydrogens (tertiary/aromatic N) is 1. The molecule has 1 aliphatic rings. The van der Waals surface area contributed by atoms with Gasteiger partial charge in [0.05, 0.1) is 0 Å². The molecule has 0 radical (unpaired) electrons. The Morgan fingerprint density at radius 2 is 2.21 bits per heavy atom. The zero-order valence-electron chi connectivity index (χ0n) is 9.84. The van der Waals surface area contributed by atoms with Crippen LogP contribution in [-0.4, -0.2) is 30.6 Å². The Bertz CT molecular complexity index is 145. The van der Waals surface area contributed by atoms with Crippen LogP contribution in [0, 0.1) is 5.92 Å². The van der Waals surface area contributed by atoms with Crippen molar-refractivity contribution in [2.75, 3.05) is 19.6 Å². The fourth-order valence-electron chi connectivity index (χ4n) is 2.25. The van der Waals surface area contributed by atoms with Gasteiger partial charge in [0.1, 0.15) is 0 Å². The molecule has 1 heterocycles. The van der Waals surface area contributed by atoms with E-state index in [9.17, 15) is 0 Å². The third kappa shape index (κ3) is 3.25. The smallest absolute Gasteiger partial charge is 0.0230 e. The van der Waals surface area contributed by atoms with E-state index in [-0.39, 0.29) is 0 Å². The van der Waals surface area contributed by atoms with Crippen LogP contribution in [0.15, 0.2) is 0 Å². The van der Waals surface area contributed by atoms with Gasteiger partial charge in [-0.2, -0.15) is 0 Å². The molecule has 1 saturated heterocycles. The van der Waals surface area contributed by atoms with E-state index in [1.54, 1.807) is 0 Å². The summed E-state index contributed by atoms with van der Waals surface area (Å²) < 4.78 is 0. The van der Waals surface area contributed by atoms with Gasteiger partial charge in [0, 0.05) is 25.7 Å². The summed E-state index contributed by atoms with van der Waals surface area (Å²) in [6.07, 6.45) is 6.77. The summed E-state index contributed by atoms with van der Waals surface area (Å²) in [7, 11) is 0. The lowest BCUT2D eigenvalue weighted by molar-refractivity contribution is 0.0735. The van der Waals surface area contributed by atoms with Crippen molar-refractivity contribution in [2.24, 2.45) is 11.7 Å². The Morgan fingerprint density at radius 3 is 2.64 bits per heavy atom. The third-order valence-electron chi connectivity index (χ3n) is 3.57. The van der Waals surface area contributed by atoms with Crippen molar-refractivity contribution in [3.8, 4) is 0 Å². The van der Waals surface area contributed by atoms with E-state index in [0.29, 0.717) is 6.04 Å². The van der Waals surface area contributed by atoms with Gasteiger partial charge in [0.25, 0.3) is 0 Å². The molecule has 2 heteroatoms. The molecule has 1 rings (SSSR count). The van der Waals surface area contributed by atoms with Gasteiger partial charge in [-0.15, -0.1) is 0 Å². The summed E-state index contributed by atoms with van der Waals surface area (Å²) in [6.45, 7) is 8.02. The number of hydrogen-bond acceptors (Lipinski definition) is 2. The fraction of sp³-hybridized carbons (Fsp3) is 1.00. The zero-order valence-corrected chi connectivity index (χ0v) is 9.84. The Balaban J connectivity index is 2.18. The molecule has 0 spiro atoms. The first kappa shape index (κ1) is 12.0. The van der Waals surface area contributed by atoms with Crippen LogP contribution in [0.25, 0.3) is 0 Å². The lowest BCUT2D eigenvalue weighted by Crippen LogP contribution is -2.53. The highest BCUT2D eigenvalue weighted by atomic mass is 15.2. The van der Waals surface area contributed by atoms with Crippen molar-refractivity contribution in [1.29, 1.82) is 0 Å². The third-order valence-corrected chi connectivity index (χ3v) is 3.57. The minimum atomic E-state index is 0.700. The zero-order chi connectivity index (χ0) is 10.4. The van der Waals surface area contributed by atoms with E-state index in [1.807, 2.05) is 0 Å². The van der Waals surface area contributed by atoms with E-state index < -0.39 is 0 Å². The first-order valence-electron chi connectivity index (χ1n) is 6.25. The Labute approximate surface area is 88.8 Å². The minimum absolute atomic E-state index is 0.700.